The van der Waals surface area contributed by atoms with Crippen LogP contribution in [0.3, 0.4) is 0 Å². The molecule has 0 aliphatic heterocycles. The largest absolute Gasteiger partial charge is 0.456 e. The maximum absolute atomic E-state index is 6.47. The summed E-state index contributed by atoms with van der Waals surface area (Å²) in [5.41, 5.74) is 12.5. The number of hydrogen-bond donors (Lipinski definition) is 0. The highest BCUT2D eigenvalue weighted by Gasteiger charge is 2.18. The highest BCUT2D eigenvalue weighted by molar-refractivity contribution is 6.19. The molecule has 7 nitrogen and oxygen atoms in total. The summed E-state index contributed by atoms with van der Waals surface area (Å²) in [5, 5.41) is 8.92. The first-order valence-corrected chi connectivity index (χ1v) is 23.3. The van der Waals surface area contributed by atoms with E-state index < -0.39 is 0 Å². The summed E-state index contributed by atoms with van der Waals surface area (Å²) < 4.78 is 12.8. The second-order valence-corrected chi connectivity index (χ2v) is 17.6. The molecule has 0 unspecified atom stereocenters. The minimum absolute atomic E-state index is 0.561. The van der Waals surface area contributed by atoms with E-state index in [0.29, 0.717) is 23.3 Å². The van der Waals surface area contributed by atoms with Gasteiger partial charge in [-0.1, -0.05) is 158 Å². The summed E-state index contributed by atoms with van der Waals surface area (Å²) in [6.45, 7) is 0. The minimum Gasteiger partial charge on any atom is -0.456 e. The van der Waals surface area contributed by atoms with Crippen molar-refractivity contribution in [1.29, 1.82) is 0 Å². The fraction of sp³-hybridized carbons (Fsp3) is 0. The van der Waals surface area contributed by atoms with Gasteiger partial charge in [0.25, 0.3) is 0 Å². The van der Waals surface area contributed by atoms with E-state index in [9.17, 15) is 0 Å². The summed E-state index contributed by atoms with van der Waals surface area (Å²) >= 11 is 0. The third-order valence-electron chi connectivity index (χ3n) is 13.3. The topological polar surface area (TPSA) is 90.7 Å². The Morgan fingerprint density at radius 3 is 1.46 bits per heavy atom. The lowest BCUT2D eigenvalue weighted by atomic mass is 9.98. The van der Waals surface area contributed by atoms with Gasteiger partial charge in [-0.25, -0.2) is 24.9 Å². The molecule has 0 aliphatic carbocycles. The molecule has 0 spiro atoms. The van der Waals surface area contributed by atoms with Crippen LogP contribution in [-0.2, 0) is 0 Å². The van der Waals surface area contributed by atoms with Crippen molar-refractivity contribution in [2.45, 2.75) is 0 Å². The molecule has 14 rings (SSSR count). The van der Waals surface area contributed by atoms with Crippen molar-refractivity contribution in [1.82, 2.24) is 24.9 Å². The number of fused-ring (bicyclic) bond motifs is 9. The number of nitrogens with zero attached hydrogens (tertiary/aromatic N) is 5. The maximum Gasteiger partial charge on any atom is 0.164 e. The highest BCUT2D eigenvalue weighted by Crippen LogP contribution is 2.39. The Balaban J connectivity index is 0.859. The van der Waals surface area contributed by atoms with Crippen LogP contribution in [0.15, 0.2) is 233 Å². The van der Waals surface area contributed by atoms with Gasteiger partial charge in [-0.2, -0.15) is 0 Å². The van der Waals surface area contributed by atoms with E-state index in [1.165, 1.54) is 10.8 Å². The van der Waals surface area contributed by atoms with Gasteiger partial charge in [-0.05, 0) is 99.4 Å². The van der Waals surface area contributed by atoms with Crippen LogP contribution in [0.5, 0.6) is 0 Å². The molecule has 0 N–H and O–H groups in total. The van der Waals surface area contributed by atoms with Crippen molar-refractivity contribution in [2.24, 2.45) is 0 Å². The third-order valence-corrected chi connectivity index (χ3v) is 13.3. The molecule has 0 radical (unpaired) electrons. The zero-order valence-electron chi connectivity index (χ0n) is 37.4. The Bertz CT molecular complexity index is 4370. The molecule has 0 atom stereocenters. The second-order valence-electron chi connectivity index (χ2n) is 17.6. The lowest BCUT2D eigenvalue weighted by molar-refractivity contribution is 0.669. The molecular formula is C63H37N5O2. The van der Waals surface area contributed by atoms with Gasteiger partial charge in [0.15, 0.2) is 23.3 Å². The average Bonchev–Trinajstić information content (AvgIpc) is 4.00. The van der Waals surface area contributed by atoms with E-state index >= 15 is 0 Å². The Kier molecular flexibility index (Phi) is 9.07. The number of rotatable bonds is 7. The van der Waals surface area contributed by atoms with Gasteiger partial charge in [0.05, 0.1) is 11.4 Å². The summed E-state index contributed by atoms with van der Waals surface area (Å²) in [4.78, 5) is 25.7. The summed E-state index contributed by atoms with van der Waals surface area (Å²) in [6, 6.07) is 77.1. The molecule has 7 heteroatoms. The summed E-state index contributed by atoms with van der Waals surface area (Å²) in [6.07, 6.45) is 0. The molecule has 0 saturated heterocycles. The van der Waals surface area contributed by atoms with E-state index in [-0.39, 0.29) is 0 Å². The smallest absolute Gasteiger partial charge is 0.164 e. The number of aromatic nitrogens is 5. The second kappa shape index (κ2) is 16.0. The van der Waals surface area contributed by atoms with E-state index in [4.69, 9.17) is 33.8 Å². The van der Waals surface area contributed by atoms with E-state index in [0.717, 1.165) is 111 Å². The Morgan fingerprint density at radius 1 is 0.229 bits per heavy atom. The molecule has 0 amide bonds. The van der Waals surface area contributed by atoms with Crippen LogP contribution in [0.25, 0.3) is 145 Å². The fourth-order valence-electron chi connectivity index (χ4n) is 9.81. The minimum atomic E-state index is 0.561. The molecule has 10 aromatic carbocycles. The van der Waals surface area contributed by atoms with Crippen LogP contribution in [-0.4, -0.2) is 24.9 Å². The van der Waals surface area contributed by atoms with Gasteiger partial charge in [-0.15, -0.1) is 0 Å². The maximum atomic E-state index is 6.47. The van der Waals surface area contributed by atoms with Crippen molar-refractivity contribution in [2.75, 3.05) is 0 Å². The Hall–Kier alpha value is -9.59. The molecule has 0 bridgehead atoms. The van der Waals surface area contributed by atoms with Crippen molar-refractivity contribution < 1.29 is 8.83 Å². The normalized spacial score (nSPS) is 11.7. The Morgan fingerprint density at radius 2 is 0.729 bits per heavy atom. The standard InChI is InChI=1S/C63H37N5O2/c1-3-14-39(15-4-1)60-64-53(37-54(65-60)46-27-29-55-52(34-46)59-49-24-10-9-13-38(49)26-30-56(59)69-55)45-22-11-20-41(31-45)42-21-12-23-47(32-42)62-66-61(40-16-5-2-6-17-40)67-63(68-62)48-25-28-50-51-33-43-18-7-8-19-44(43)35-58(51)70-57(50)36-48/h1-37H. The average molecular weight is 896 g/mol. The number of furan rings is 2. The summed E-state index contributed by atoms with van der Waals surface area (Å²) in [5.74, 6) is 2.37. The van der Waals surface area contributed by atoms with E-state index in [1.54, 1.807) is 0 Å². The number of benzene rings is 10. The lowest BCUT2D eigenvalue weighted by Gasteiger charge is -2.12. The SMILES string of the molecule is c1ccc(-c2nc(-c3cccc(-c4cccc(-c5nc(-c6ccccc6)nc(-c6ccc7c(c6)oc6cc8ccccc8cc67)n5)c4)c3)cc(-c3ccc4oc5ccc6ccccc6c5c4c3)n2)cc1. The molecule has 70 heavy (non-hydrogen) atoms. The monoisotopic (exact) mass is 895 g/mol. The van der Waals surface area contributed by atoms with Crippen LogP contribution in [0.2, 0.25) is 0 Å². The van der Waals surface area contributed by atoms with Gasteiger partial charge in [0.1, 0.15) is 22.3 Å². The van der Waals surface area contributed by atoms with Gasteiger partial charge in [0.2, 0.25) is 0 Å². The molecule has 0 aliphatic rings. The van der Waals surface area contributed by atoms with E-state index in [2.05, 4.69) is 164 Å². The van der Waals surface area contributed by atoms with Crippen molar-refractivity contribution in [3.8, 4) is 79.2 Å². The first-order valence-electron chi connectivity index (χ1n) is 23.3. The zero-order chi connectivity index (χ0) is 46.1. The fourth-order valence-corrected chi connectivity index (χ4v) is 9.81. The zero-order valence-corrected chi connectivity index (χ0v) is 37.4. The Labute approximate surface area is 401 Å². The predicted octanol–water partition coefficient (Wildman–Crippen LogP) is 16.4. The van der Waals surface area contributed by atoms with Crippen molar-refractivity contribution >= 4 is 65.4 Å². The van der Waals surface area contributed by atoms with Gasteiger partial charge in [-0.3, -0.25) is 0 Å². The first-order chi connectivity index (χ1) is 34.6. The van der Waals surface area contributed by atoms with Crippen LogP contribution >= 0.6 is 0 Å². The molecule has 326 valence electrons. The van der Waals surface area contributed by atoms with E-state index in [1.807, 2.05) is 60.7 Å². The molecule has 0 saturated carbocycles. The van der Waals surface area contributed by atoms with Crippen molar-refractivity contribution in [3.63, 3.8) is 0 Å². The summed E-state index contributed by atoms with van der Waals surface area (Å²) in [7, 11) is 0. The van der Waals surface area contributed by atoms with Crippen LogP contribution in [0, 0.1) is 0 Å². The quantitative estimate of drug-likeness (QED) is 0.157. The van der Waals surface area contributed by atoms with Crippen LogP contribution in [0.1, 0.15) is 0 Å². The van der Waals surface area contributed by atoms with Crippen molar-refractivity contribution in [3.05, 3.63) is 224 Å². The van der Waals surface area contributed by atoms with Gasteiger partial charge < -0.3 is 8.83 Å². The molecular weight excluding hydrogens is 859 g/mol. The molecule has 0 fully saturated rings. The first kappa shape index (κ1) is 39.6. The van der Waals surface area contributed by atoms with Crippen LogP contribution in [0.4, 0.5) is 0 Å². The van der Waals surface area contributed by atoms with Gasteiger partial charge >= 0.3 is 0 Å². The molecule has 14 aromatic rings. The lowest BCUT2D eigenvalue weighted by Crippen LogP contribution is -2.00. The number of hydrogen-bond acceptors (Lipinski definition) is 7. The predicted molar refractivity (Wildman–Crippen MR) is 283 cm³/mol. The van der Waals surface area contributed by atoms with Crippen LogP contribution < -0.4 is 0 Å². The highest BCUT2D eigenvalue weighted by atomic mass is 16.3. The molecule has 4 aromatic heterocycles. The third kappa shape index (κ3) is 6.87. The van der Waals surface area contributed by atoms with Gasteiger partial charge in [0, 0.05) is 54.9 Å². The molecule has 4 heterocycles.